The SMILES string of the molecule is O=C(c1ccccn1)N1CCCN(CCC2CCS(=O)(=O)C2)CC1. The summed E-state index contributed by atoms with van der Waals surface area (Å²) >= 11 is 0. The molecule has 2 saturated heterocycles. The van der Waals surface area contributed by atoms with Crippen LogP contribution in [-0.2, 0) is 9.84 Å². The van der Waals surface area contributed by atoms with E-state index in [1.54, 1.807) is 12.3 Å². The topological polar surface area (TPSA) is 70.6 Å². The number of rotatable bonds is 4. The third kappa shape index (κ3) is 4.54. The summed E-state index contributed by atoms with van der Waals surface area (Å²) in [6.07, 6.45) is 4.34. The number of amides is 1. The maximum Gasteiger partial charge on any atom is 0.272 e. The van der Waals surface area contributed by atoms with Gasteiger partial charge in [0, 0.05) is 25.8 Å². The number of hydrogen-bond donors (Lipinski definition) is 0. The molecule has 1 amide bonds. The summed E-state index contributed by atoms with van der Waals surface area (Å²) in [5.74, 6) is 1.01. The van der Waals surface area contributed by atoms with E-state index in [2.05, 4.69) is 9.88 Å². The van der Waals surface area contributed by atoms with Gasteiger partial charge in [0.25, 0.3) is 5.91 Å². The molecule has 6 nitrogen and oxygen atoms in total. The molecular formula is C17H25N3O3S. The van der Waals surface area contributed by atoms with Gasteiger partial charge in [-0.1, -0.05) is 6.07 Å². The molecule has 0 aliphatic carbocycles. The summed E-state index contributed by atoms with van der Waals surface area (Å²) in [5, 5.41) is 0. The highest BCUT2D eigenvalue weighted by Gasteiger charge is 2.28. The van der Waals surface area contributed by atoms with E-state index < -0.39 is 9.84 Å². The lowest BCUT2D eigenvalue weighted by Crippen LogP contribution is -2.36. The Balaban J connectivity index is 1.48. The summed E-state index contributed by atoms with van der Waals surface area (Å²) in [7, 11) is -2.78. The van der Waals surface area contributed by atoms with E-state index in [1.165, 1.54) is 0 Å². The minimum atomic E-state index is -2.78. The van der Waals surface area contributed by atoms with Crippen molar-refractivity contribution in [2.24, 2.45) is 5.92 Å². The minimum absolute atomic E-state index is 0.000615. The molecule has 3 heterocycles. The van der Waals surface area contributed by atoms with Crippen molar-refractivity contribution < 1.29 is 13.2 Å². The molecule has 3 rings (SSSR count). The zero-order chi connectivity index (χ0) is 17.0. The highest BCUT2D eigenvalue weighted by atomic mass is 32.2. The molecule has 7 heteroatoms. The second kappa shape index (κ2) is 7.61. The minimum Gasteiger partial charge on any atom is -0.336 e. The average molecular weight is 351 g/mol. The number of carbonyl (C=O) groups is 1. The van der Waals surface area contributed by atoms with E-state index >= 15 is 0 Å². The zero-order valence-corrected chi connectivity index (χ0v) is 14.7. The second-order valence-electron chi connectivity index (χ2n) is 6.76. The maximum absolute atomic E-state index is 12.5. The van der Waals surface area contributed by atoms with Crippen LogP contribution in [0.5, 0.6) is 0 Å². The van der Waals surface area contributed by atoms with Crippen LogP contribution in [0.3, 0.4) is 0 Å². The van der Waals surface area contributed by atoms with E-state index in [1.807, 2.05) is 17.0 Å². The lowest BCUT2D eigenvalue weighted by Gasteiger charge is -2.22. The van der Waals surface area contributed by atoms with Crippen LogP contribution in [-0.4, -0.2) is 73.3 Å². The van der Waals surface area contributed by atoms with Crippen LogP contribution in [0.25, 0.3) is 0 Å². The fourth-order valence-corrected chi connectivity index (χ4v) is 5.42. The summed E-state index contributed by atoms with van der Waals surface area (Å²) in [6.45, 7) is 4.19. The van der Waals surface area contributed by atoms with Crippen molar-refractivity contribution in [3.05, 3.63) is 30.1 Å². The Bertz CT molecular complexity index is 663. The van der Waals surface area contributed by atoms with Crippen LogP contribution in [0, 0.1) is 5.92 Å². The molecule has 0 spiro atoms. The quantitative estimate of drug-likeness (QED) is 0.811. The molecule has 0 radical (unpaired) electrons. The summed E-state index contributed by atoms with van der Waals surface area (Å²) in [4.78, 5) is 20.9. The summed E-state index contributed by atoms with van der Waals surface area (Å²) in [6, 6.07) is 5.40. The second-order valence-corrected chi connectivity index (χ2v) is 8.99. The van der Waals surface area contributed by atoms with Gasteiger partial charge in [-0.15, -0.1) is 0 Å². The van der Waals surface area contributed by atoms with Gasteiger partial charge in [0.2, 0.25) is 0 Å². The van der Waals surface area contributed by atoms with Gasteiger partial charge >= 0.3 is 0 Å². The molecule has 132 valence electrons. The lowest BCUT2D eigenvalue weighted by atomic mass is 10.1. The Morgan fingerprint density at radius 1 is 1.21 bits per heavy atom. The average Bonchev–Trinajstić information content (AvgIpc) is 2.79. The summed E-state index contributed by atoms with van der Waals surface area (Å²) < 4.78 is 23.1. The van der Waals surface area contributed by atoms with Crippen LogP contribution in [0.15, 0.2) is 24.4 Å². The molecule has 0 N–H and O–H groups in total. The van der Waals surface area contributed by atoms with Gasteiger partial charge in [-0.25, -0.2) is 8.42 Å². The normalized spacial score (nSPS) is 24.7. The van der Waals surface area contributed by atoms with Crippen LogP contribution < -0.4 is 0 Å². The predicted molar refractivity (Wildman–Crippen MR) is 92.6 cm³/mol. The Hall–Kier alpha value is -1.47. The molecule has 0 aromatic carbocycles. The molecule has 2 aliphatic heterocycles. The number of nitrogens with zero attached hydrogens (tertiary/aromatic N) is 3. The van der Waals surface area contributed by atoms with Crippen LogP contribution >= 0.6 is 0 Å². The van der Waals surface area contributed by atoms with Crippen LogP contribution in [0.4, 0.5) is 0 Å². The monoisotopic (exact) mass is 351 g/mol. The Labute approximate surface area is 143 Å². The van der Waals surface area contributed by atoms with E-state index in [0.717, 1.165) is 45.4 Å². The van der Waals surface area contributed by atoms with Gasteiger partial charge in [0.05, 0.1) is 11.5 Å². The van der Waals surface area contributed by atoms with E-state index in [-0.39, 0.29) is 5.91 Å². The van der Waals surface area contributed by atoms with Gasteiger partial charge in [-0.2, -0.15) is 0 Å². The van der Waals surface area contributed by atoms with Gasteiger partial charge in [0.1, 0.15) is 5.69 Å². The van der Waals surface area contributed by atoms with Crippen LogP contribution in [0.1, 0.15) is 29.8 Å². The van der Waals surface area contributed by atoms with E-state index in [9.17, 15) is 13.2 Å². The van der Waals surface area contributed by atoms with Crippen LogP contribution in [0.2, 0.25) is 0 Å². The van der Waals surface area contributed by atoms with Gasteiger partial charge in [-0.05, 0) is 50.4 Å². The number of carbonyl (C=O) groups excluding carboxylic acids is 1. The number of hydrogen-bond acceptors (Lipinski definition) is 5. The number of pyridine rings is 1. The molecule has 2 fully saturated rings. The first-order chi connectivity index (χ1) is 11.5. The van der Waals surface area contributed by atoms with Crippen molar-refractivity contribution in [1.29, 1.82) is 0 Å². The molecule has 1 aromatic heterocycles. The molecular weight excluding hydrogens is 326 g/mol. The number of sulfone groups is 1. The predicted octanol–water partition coefficient (Wildman–Crippen LogP) is 1.05. The van der Waals surface area contributed by atoms with Gasteiger partial charge < -0.3 is 9.80 Å². The molecule has 1 atom stereocenters. The fraction of sp³-hybridized carbons (Fsp3) is 0.647. The van der Waals surface area contributed by atoms with Crippen molar-refractivity contribution in [3.63, 3.8) is 0 Å². The highest BCUT2D eigenvalue weighted by Crippen LogP contribution is 2.22. The summed E-state index contributed by atoms with van der Waals surface area (Å²) in [5.41, 5.74) is 0.502. The third-order valence-corrected chi connectivity index (χ3v) is 6.78. The highest BCUT2D eigenvalue weighted by molar-refractivity contribution is 7.91. The molecule has 0 bridgehead atoms. The first kappa shape index (κ1) is 17.4. The largest absolute Gasteiger partial charge is 0.336 e. The zero-order valence-electron chi connectivity index (χ0n) is 13.9. The fourth-order valence-electron chi connectivity index (χ4n) is 3.51. The molecule has 0 saturated carbocycles. The van der Waals surface area contributed by atoms with Crippen molar-refractivity contribution in [3.8, 4) is 0 Å². The Morgan fingerprint density at radius 2 is 2.08 bits per heavy atom. The smallest absolute Gasteiger partial charge is 0.272 e. The van der Waals surface area contributed by atoms with Crippen molar-refractivity contribution in [2.45, 2.75) is 19.3 Å². The standard InChI is InChI=1S/C17H25N3O3S/c21-17(16-4-1-2-7-18-16)20-9-3-8-19(11-12-20)10-5-15-6-13-24(22,23)14-15/h1-2,4,7,15H,3,5-6,8-14H2. The van der Waals surface area contributed by atoms with E-state index in [0.29, 0.717) is 29.7 Å². The third-order valence-electron chi connectivity index (χ3n) is 4.94. The molecule has 24 heavy (non-hydrogen) atoms. The molecule has 1 unspecified atom stereocenters. The maximum atomic E-state index is 12.5. The van der Waals surface area contributed by atoms with Gasteiger partial charge in [-0.3, -0.25) is 9.78 Å². The molecule has 2 aliphatic rings. The van der Waals surface area contributed by atoms with Crippen molar-refractivity contribution in [2.75, 3.05) is 44.2 Å². The Morgan fingerprint density at radius 3 is 2.79 bits per heavy atom. The molecule has 1 aromatic rings. The van der Waals surface area contributed by atoms with Gasteiger partial charge in [0.15, 0.2) is 9.84 Å². The lowest BCUT2D eigenvalue weighted by molar-refractivity contribution is 0.0755. The first-order valence-electron chi connectivity index (χ1n) is 8.66. The number of aromatic nitrogens is 1. The van der Waals surface area contributed by atoms with Crippen molar-refractivity contribution >= 4 is 15.7 Å². The first-order valence-corrected chi connectivity index (χ1v) is 10.5. The Kier molecular flexibility index (Phi) is 5.50. The van der Waals surface area contributed by atoms with Crippen molar-refractivity contribution in [1.82, 2.24) is 14.8 Å². The van der Waals surface area contributed by atoms with E-state index in [4.69, 9.17) is 0 Å².